The van der Waals surface area contributed by atoms with Crippen LogP contribution in [0.15, 0.2) is 61.2 Å². The van der Waals surface area contributed by atoms with Crippen molar-refractivity contribution in [3.63, 3.8) is 0 Å². The molecule has 0 saturated carbocycles. The van der Waals surface area contributed by atoms with Gasteiger partial charge in [-0.3, -0.25) is 20.1 Å². The number of ether oxygens (including phenoxy) is 1. The number of nitrogens with zero attached hydrogens (tertiary/aromatic N) is 2. The number of carbonyl (C=O) groups is 1. The molecule has 0 spiro atoms. The van der Waals surface area contributed by atoms with E-state index in [2.05, 4.69) is 6.58 Å². The fourth-order valence-corrected chi connectivity index (χ4v) is 3.10. The molecule has 144 valence electrons. The number of rotatable bonds is 6. The quantitative estimate of drug-likeness (QED) is 0.329. The number of benzene rings is 2. The standard InChI is InChI=1S/C20H18N2O6/c1-3-27-20(23)19-17(15-9-11-16(12-10-15)21(24)25)18(22(26)28-19)13(2)14-7-5-4-6-8-14/h4-12,17,19H,2-3H2,1H3/t17-,19-/m1/s1. The summed E-state index contributed by atoms with van der Waals surface area (Å²) in [7, 11) is 0. The number of non-ortho nitro benzene ring substituents is 1. The van der Waals surface area contributed by atoms with Gasteiger partial charge in [-0.2, -0.15) is 0 Å². The third kappa shape index (κ3) is 3.57. The van der Waals surface area contributed by atoms with Crippen LogP contribution < -0.4 is 0 Å². The molecule has 2 aromatic rings. The van der Waals surface area contributed by atoms with E-state index in [1.807, 2.05) is 6.07 Å². The van der Waals surface area contributed by atoms with Crippen LogP contribution in [0, 0.1) is 15.3 Å². The molecule has 1 aliphatic rings. The van der Waals surface area contributed by atoms with E-state index < -0.39 is 22.9 Å². The van der Waals surface area contributed by atoms with Crippen molar-refractivity contribution < 1.29 is 24.2 Å². The first kappa shape index (κ1) is 19.1. The van der Waals surface area contributed by atoms with Crippen LogP contribution in [-0.2, 0) is 14.4 Å². The number of esters is 1. The van der Waals surface area contributed by atoms with Gasteiger partial charge in [-0.05, 0) is 18.1 Å². The Morgan fingerprint density at radius 1 is 1.21 bits per heavy atom. The molecule has 3 rings (SSSR count). The molecule has 0 fully saturated rings. The topological polar surface area (TPSA) is 105 Å². The van der Waals surface area contributed by atoms with E-state index in [1.165, 1.54) is 24.3 Å². The van der Waals surface area contributed by atoms with E-state index in [0.717, 1.165) is 0 Å². The molecule has 2 atom stereocenters. The van der Waals surface area contributed by atoms with E-state index in [-0.39, 0.29) is 22.9 Å². The Morgan fingerprint density at radius 3 is 2.43 bits per heavy atom. The highest BCUT2D eigenvalue weighted by atomic mass is 16.9. The number of hydrogen-bond donors (Lipinski definition) is 0. The number of hydrogen-bond acceptors (Lipinski definition) is 6. The van der Waals surface area contributed by atoms with E-state index in [4.69, 9.17) is 9.57 Å². The van der Waals surface area contributed by atoms with Gasteiger partial charge in [0.1, 0.15) is 5.92 Å². The van der Waals surface area contributed by atoms with Crippen LogP contribution >= 0.6 is 0 Å². The highest BCUT2D eigenvalue weighted by molar-refractivity contribution is 6.24. The molecule has 0 aromatic heterocycles. The van der Waals surface area contributed by atoms with Gasteiger partial charge in [0.15, 0.2) is 6.10 Å². The first-order chi connectivity index (χ1) is 13.4. The molecule has 8 nitrogen and oxygen atoms in total. The summed E-state index contributed by atoms with van der Waals surface area (Å²) in [5, 5.41) is 23.5. The predicted octanol–water partition coefficient (Wildman–Crippen LogP) is 3.22. The van der Waals surface area contributed by atoms with Gasteiger partial charge in [-0.15, -0.1) is 0 Å². The molecule has 28 heavy (non-hydrogen) atoms. The number of nitro benzene ring substituents is 1. The van der Waals surface area contributed by atoms with Crippen LogP contribution in [0.4, 0.5) is 5.69 Å². The average molecular weight is 382 g/mol. The molecule has 0 unspecified atom stereocenters. The minimum atomic E-state index is -1.21. The van der Waals surface area contributed by atoms with Crippen LogP contribution in [0.5, 0.6) is 0 Å². The molecule has 8 heteroatoms. The zero-order valence-electron chi connectivity index (χ0n) is 15.1. The van der Waals surface area contributed by atoms with Gasteiger partial charge >= 0.3 is 5.97 Å². The summed E-state index contributed by atoms with van der Waals surface area (Å²) in [6.07, 6.45) is -1.21. The molecule has 0 N–H and O–H groups in total. The normalized spacial score (nSPS) is 18.5. The summed E-state index contributed by atoms with van der Waals surface area (Å²) < 4.78 is 5.04. The summed E-state index contributed by atoms with van der Waals surface area (Å²) in [5.74, 6) is -1.51. The summed E-state index contributed by atoms with van der Waals surface area (Å²) >= 11 is 0. The van der Waals surface area contributed by atoms with Crippen molar-refractivity contribution in [1.29, 1.82) is 0 Å². The fourth-order valence-electron chi connectivity index (χ4n) is 3.10. The van der Waals surface area contributed by atoms with Gasteiger partial charge in [-0.25, -0.2) is 0 Å². The smallest absolute Gasteiger partial charge is 0.326 e. The first-order valence-corrected chi connectivity index (χ1v) is 8.60. The molecular weight excluding hydrogens is 364 g/mol. The zero-order chi connectivity index (χ0) is 20.3. The minimum absolute atomic E-state index is 0.0993. The molecule has 0 saturated heterocycles. The van der Waals surface area contributed by atoms with Crippen molar-refractivity contribution in [2.45, 2.75) is 18.9 Å². The van der Waals surface area contributed by atoms with Crippen LogP contribution in [0.2, 0.25) is 0 Å². The molecule has 1 heterocycles. The molecule has 0 aliphatic carbocycles. The van der Waals surface area contributed by atoms with Crippen LogP contribution in [-0.4, -0.2) is 34.2 Å². The molecule has 2 aromatic carbocycles. The van der Waals surface area contributed by atoms with Gasteiger partial charge in [0.25, 0.3) is 11.4 Å². The lowest BCUT2D eigenvalue weighted by molar-refractivity contribution is -0.736. The molecular formula is C20H18N2O6. The lowest BCUT2D eigenvalue weighted by atomic mass is 9.84. The Hall–Kier alpha value is -3.68. The maximum Gasteiger partial charge on any atom is 0.326 e. The first-order valence-electron chi connectivity index (χ1n) is 8.60. The van der Waals surface area contributed by atoms with Crippen molar-refractivity contribution >= 4 is 22.9 Å². The SMILES string of the molecule is C=C(C1=[N+]([O-])O[C@@H](C(=O)OCC)[C@@H]1c1ccc([N+](=O)[O-])cc1)c1ccccc1. The second kappa shape index (κ2) is 7.91. The van der Waals surface area contributed by atoms with Crippen LogP contribution in [0.1, 0.15) is 24.0 Å². The fraction of sp³-hybridized carbons (Fsp3) is 0.200. The van der Waals surface area contributed by atoms with Gasteiger partial charge in [0.2, 0.25) is 0 Å². The summed E-state index contributed by atoms with van der Waals surface area (Å²) in [6.45, 7) is 5.77. The highest BCUT2D eigenvalue weighted by Crippen LogP contribution is 2.35. The van der Waals surface area contributed by atoms with Gasteiger partial charge in [0, 0.05) is 22.6 Å². The Balaban J connectivity index is 2.05. The second-order valence-electron chi connectivity index (χ2n) is 6.09. The number of nitro groups is 1. The van der Waals surface area contributed by atoms with Crippen molar-refractivity contribution in [3.05, 3.63) is 87.6 Å². The average Bonchev–Trinajstić information content (AvgIpc) is 3.05. The van der Waals surface area contributed by atoms with E-state index in [0.29, 0.717) is 16.7 Å². The predicted molar refractivity (Wildman–Crippen MR) is 101 cm³/mol. The van der Waals surface area contributed by atoms with Crippen molar-refractivity contribution in [1.82, 2.24) is 0 Å². The number of carbonyl (C=O) groups excluding carboxylic acids is 1. The summed E-state index contributed by atoms with van der Waals surface area (Å²) in [5.41, 5.74) is 1.65. The lowest BCUT2D eigenvalue weighted by Crippen LogP contribution is -2.31. The summed E-state index contributed by atoms with van der Waals surface area (Å²) in [6, 6.07) is 14.6. The third-order valence-electron chi connectivity index (χ3n) is 4.42. The van der Waals surface area contributed by atoms with Crippen molar-refractivity contribution in [2.24, 2.45) is 0 Å². The Labute approximate surface area is 161 Å². The Morgan fingerprint density at radius 2 is 1.86 bits per heavy atom. The molecule has 1 aliphatic heterocycles. The van der Waals surface area contributed by atoms with Crippen LogP contribution in [0.3, 0.4) is 0 Å². The highest BCUT2D eigenvalue weighted by Gasteiger charge is 2.47. The van der Waals surface area contributed by atoms with Crippen molar-refractivity contribution in [3.8, 4) is 0 Å². The minimum Gasteiger partial charge on any atom is -0.465 e. The third-order valence-corrected chi connectivity index (χ3v) is 4.42. The van der Waals surface area contributed by atoms with E-state index in [1.54, 1.807) is 31.2 Å². The number of allylic oxidation sites excluding steroid dienone is 1. The maximum absolute atomic E-state index is 12.5. The van der Waals surface area contributed by atoms with Gasteiger partial charge in [-0.1, -0.05) is 49.0 Å². The van der Waals surface area contributed by atoms with Gasteiger partial charge in [0.05, 0.1) is 11.5 Å². The summed E-state index contributed by atoms with van der Waals surface area (Å²) in [4.78, 5) is 28.3. The maximum atomic E-state index is 12.5. The van der Waals surface area contributed by atoms with E-state index >= 15 is 0 Å². The monoisotopic (exact) mass is 382 g/mol. The Bertz CT molecular complexity index is 937. The van der Waals surface area contributed by atoms with Gasteiger partial charge < -0.3 is 9.57 Å². The van der Waals surface area contributed by atoms with Crippen molar-refractivity contribution in [2.75, 3.05) is 6.61 Å². The lowest BCUT2D eigenvalue weighted by Gasteiger charge is -2.18. The zero-order valence-corrected chi connectivity index (χ0v) is 15.1. The van der Waals surface area contributed by atoms with E-state index in [9.17, 15) is 20.1 Å². The largest absolute Gasteiger partial charge is 0.465 e. The second-order valence-corrected chi connectivity index (χ2v) is 6.09. The molecule has 0 radical (unpaired) electrons. The Kier molecular flexibility index (Phi) is 5.39. The molecule has 0 bridgehead atoms. The van der Waals surface area contributed by atoms with Crippen LogP contribution in [0.25, 0.3) is 5.57 Å². The molecule has 0 amide bonds.